The van der Waals surface area contributed by atoms with Gasteiger partial charge < -0.3 is 15.2 Å². The summed E-state index contributed by atoms with van der Waals surface area (Å²) in [5.74, 6) is -0.311. The predicted octanol–water partition coefficient (Wildman–Crippen LogP) is 1.44. The quantitative estimate of drug-likeness (QED) is 0.721. The highest BCUT2D eigenvalue weighted by molar-refractivity contribution is 5.36. The van der Waals surface area contributed by atoms with Crippen LogP contribution in [0.2, 0.25) is 0 Å². The summed E-state index contributed by atoms with van der Waals surface area (Å²) in [6, 6.07) is 5.74. The minimum absolute atomic E-state index is 0.0208. The highest BCUT2D eigenvalue weighted by atomic mass is 19.1. The molecule has 0 aliphatic rings. The van der Waals surface area contributed by atoms with Crippen molar-refractivity contribution in [1.82, 2.24) is 5.32 Å². The Hall–Kier alpha value is -1.64. The van der Waals surface area contributed by atoms with Crippen LogP contribution < -0.4 is 10.1 Å². The Kier molecular flexibility index (Phi) is 6.12. The van der Waals surface area contributed by atoms with Gasteiger partial charge in [0.05, 0.1) is 5.56 Å². The largest absolute Gasteiger partial charge is 0.491 e. The summed E-state index contributed by atoms with van der Waals surface area (Å²) in [4.78, 5) is 0. The molecular weight excluding hydrogens is 235 g/mol. The fourth-order valence-electron chi connectivity index (χ4n) is 1.37. The molecule has 1 unspecified atom stereocenters. The predicted molar refractivity (Wildman–Crippen MR) is 65.8 cm³/mol. The topological polar surface area (TPSA) is 65.3 Å². The van der Waals surface area contributed by atoms with E-state index >= 15 is 0 Å². The van der Waals surface area contributed by atoms with E-state index in [4.69, 9.17) is 10.00 Å². The molecule has 1 aromatic rings. The van der Waals surface area contributed by atoms with E-state index in [-0.39, 0.29) is 12.2 Å². The second kappa shape index (κ2) is 7.64. The smallest absolute Gasteiger partial charge is 0.144 e. The Morgan fingerprint density at radius 1 is 1.56 bits per heavy atom. The zero-order valence-electron chi connectivity index (χ0n) is 10.3. The molecule has 0 radical (unpaired) electrons. The zero-order valence-corrected chi connectivity index (χ0v) is 10.3. The molecule has 98 valence electrons. The van der Waals surface area contributed by atoms with E-state index in [2.05, 4.69) is 5.32 Å². The normalized spacial score (nSPS) is 11.9. The molecule has 0 fully saturated rings. The van der Waals surface area contributed by atoms with Crippen LogP contribution in [0.1, 0.15) is 18.9 Å². The Labute approximate surface area is 106 Å². The van der Waals surface area contributed by atoms with Gasteiger partial charge >= 0.3 is 0 Å². The van der Waals surface area contributed by atoms with Crippen molar-refractivity contribution in [3.05, 3.63) is 29.6 Å². The summed E-state index contributed by atoms with van der Waals surface area (Å²) >= 11 is 0. The van der Waals surface area contributed by atoms with Crippen molar-refractivity contribution >= 4 is 0 Å². The number of aliphatic hydroxyl groups excluding tert-OH is 1. The summed E-state index contributed by atoms with van der Waals surface area (Å²) < 4.78 is 18.5. The van der Waals surface area contributed by atoms with E-state index in [1.807, 2.05) is 6.92 Å². The first-order valence-corrected chi connectivity index (χ1v) is 5.88. The lowest BCUT2D eigenvalue weighted by Crippen LogP contribution is -2.31. The monoisotopic (exact) mass is 252 g/mol. The van der Waals surface area contributed by atoms with Crippen molar-refractivity contribution in [2.45, 2.75) is 19.4 Å². The number of hydrogen-bond acceptors (Lipinski definition) is 4. The van der Waals surface area contributed by atoms with Gasteiger partial charge in [-0.3, -0.25) is 0 Å². The Bertz CT molecular complexity index is 418. The zero-order chi connectivity index (χ0) is 13.4. The molecule has 1 rings (SSSR count). The molecular formula is C13H17FN2O2. The van der Waals surface area contributed by atoms with E-state index in [0.29, 0.717) is 12.3 Å². The Morgan fingerprint density at radius 2 is 2.33 bits per heavy atom. The molecule has 0 spiro atoms. The molecule has 0 saturated carbocycles. The lowest BCUT2D eigenvalue weighted by atomic mass is 10.2. The summed E-state index contributed by atoms with van der Waals surface area (Å²) in [5.41, 5.74) is -0.0208. The lowest BCUT2D eigenvalue weighted by Gasteiger charge is -2.13. The van der Waals surface area contributed by atoms with Crippen LogP contribution in [0.5, 0.6) is 5.75 Å². The molecule has 0 saturated heterocycles. The van der Waals surface area contributed by atoms with Crippen LogP contribution >= 0.6 is 0 Å². The van der Waals surface area contributed by atoms with E-state index < -0.39 is 11.9 Å². The van der Waals surface area contributed by atoms with E-state index in [0.717, 1.165) is 19.0 Å². The number of benzene rings is 1. The molecule has 0 heterocycles. The first-order chi connectivity index (χ1) is 8.67. The van der Waals surface area contributed by atoms with E-state index in [1.54, 1.807) is 6.07 Å². The van der Waals surface area contributed by atoms with Crippen molar-refractivity contribution in [1.29, 1.82) is 5.26 Å². The third-order valence-corrected chi connectivity index (χ3v) is 2.31. The second-order valence-electron chi connectivity index (χ2n) is 3.92. The van der Waals surface area contributed by atoms with E-state index in [9.17, 15) is 9.50 Å². The fraction of sp³-hybridized carbons (Fsp3) is 0.462. The number of nitriles is 1. The van der Waals surface area contributed by atoms with Crippen LogP contribution in [0.3, 0.4) is 0 Å². The van der Waals surface area contributed by atoms with Crippen LogP contribution in [-0.4, -0.2) is 30.9 Å². The molecule has 5 heteroatoms. The molecule has 1 aromatic carbocycles. The van der Waals surface area contributed by atoms with Gasteiger partial charge in [-0.05, 0) is 25.1 Å². The molecule has 4 nitrogen and oxygen atoms in total. The summed E-state index contributed by atoms with van der Waals surface area (Å²) in [6.45, 7) is 3.40. The average molecular weight is 252 g/mol. The minimum Gasteiger partial charge on any atom is -0.491 e. The lowest BCUT2D eigenvalue weighted by molar-refractivity contribution is 0.106. The highest BCUT2D eigenvalue weighted by Gasteiger charge is 2.07. The molecule has 0 aliphatic heterocycles. The standard InChI is InChI=1S/C13H17FN2O2/c1-2-5-16-8-11(17)9-18-12-4-3-10(7-15)13(14)6-12/h3-4,6,11,16-17H,2,5,8-9H2,1H3. The molecule has 0 aromatic heterocycles. The second-order valence-corrected chi connectivity index (χ2v) is 3.92. The summed E-state index contributed by atoms with van der Waals surface area (Å²) in [5, 5.41) is 21.2. The first-order valence-electron chi connectivity index (χ1n) is 5.88. The number of halogens is 1. The van der Waals surface area contributed by atoms with Crippen LogP contribution in [0.25, 0.3) is 0 Å². The number of nitrogens with zero attached hydrogens (tertiary/aromatic N) is 1. The van der Waals surface area contributed by atoms with Crippen molar-refractivity contribution in [3.63, 3.8) is 0 Å². The van der Waals surface area contributed by atoms with Crippen molar-refractivity contribution in [3.8, 4) is 11.8 Å². The minimum atomic E-state index is -0.643. The van der Waals surface area contributed by atoms with Gasteiger partial charge in [-0.15, -0.1) is 0 Å². The molecule has 0 amide bonds. The van der Waals surface area contributed by atoms with E-state index in [1.165, 1.54) is 12.1 Å². The van der Waals surface area contributed by atoms with Gasteiger partial charge in [-0.1, -0.05) is 6.92 Å². The maximum atomic E-state index is 13.2. The molecule has 18 heavy (non-hydrogen) atoms. The number of ether oxygens (including phenoxy) is 1. The van der Waals surface area contributed by atoms with Gasteiger partial charge in [-0.2, -0.15) is 5.26 Å². The Morgan fingerprint density at radius 3 is 2.94 bits per heavy atom. The number of aliphatic hydroxyl groups is 1. The number of rotatable bonds is 7. The number of hydrogen-bond donors (Lipinski definition) is 2. The molecule has 0 aliphatic carbocycles. The summed E-state index contributed by atoms with van der Waals surface area (Å²) in [6.07, 6.45) is 0.351. The average Bonchev–Trinajstić information content (AvgIpc) is 2.37. The SMILES string of the molecule is CCCNCC(O)COc1ccc(C#N)c(F)c1. The third-order valence-electron chi connectivity index (χ3n) is 2.31. The summed E-state index contributed by atoms with van der Waals surface area (Å²) in [7, 11) is 0. The van der Waals surface area contributed by atoms with Gasteiger partial charge in [0.1, 0.15) is 30.3 Å². The Balaban J connectivity index is 2.39. The molecule has 1 atom stereocenters. The van der Waals surface area contributed by atoms with Crippen molar-refractivity contribution < 1.29 is 14.2 Å². The first kappa shape index (κ1) is 14.4. The maximum absolute atomic E-state index is 13.2. The van der Waals surface area contributed by atoms with Crippen LogP contribution in [0, 0.1) is 17.1 Å². The highest BCUT2D eigenvalue weighted by Crippen LogP contribution is 2.16. The number of nitrogens with one attached hydrogen (secondary N) is 1. The maximum Gasteiger partial charge on any atom is 0.144 e. The van der Waals surface area contributed by atoms with Gasteiger partial charge in [0.2, 0.25) is 0 Å². The van der Waals surface area contributed by atoms with Gasteiger partial charge in [-0.25, -0.2) is 4.39 Å². The van der Waals surface area contributed by atoms with Crippen molar-refractivity contribution in [2.24, 2.45) is 0 Å². The molecule has 0 bridgehead atoms. The van der Waals surface area contributed by atoms with Crippen LogP contribution in [-0.2, 0) is 0 Å². The van der Waals surface area contributed by atoms with Gasteiger partial charge in [0.25, 0.3) is 0 Å². The third kappa shape index (κ3) is 4.70. The van der Waals surface area contributed by atoms with Crippen molar-refractivity contribution in [2.75, 3.05) is 19.7 Å². The molecule has 2 N–H and O–H groups in total. The van der Waals surface area contributed by atoms with Gasteiger partial charge in [0.15, 0.2) is 0 Å². The van der Waals surface area contributed by atoms with Crippen LogP contribution in [0.4, 0.5) is 4.39 Å². The van der Waals surface area contributed by atoms with Crippen LogP contribution in [0.15, 0.2) is 18.2 Å². The fourth-order valence-corrected chi connectivity index (χ4v) is 1.37. The van der Waals surface area contributed by atoms with Gasteiger partial charge in [0, 0.05) is 12.6 Å².